The molecule has 1 aromatic rings. The summed E-state index contributed by atoms with van der Waals surface area (Å²) < 4.78 is 0. The lowest BCUT2D eigenvalue weighted by Gasteiger charge is -2.43. The minimum Gasteiger partial charge on any atom is -0.389 e. The van der Waals surface area contributed by atoms with Gasteiger partial charge in [0.2, 0.25) is 5.91 Å². The van der Waals surface area contributed by atoms with Crippen LogP contribution in [-0.4, -0.2) is 64.1 Å². The molecule has 0 aromatic carbocycles. The number of amides is 1. The van der Waals surface area contributed by atoms with Crippen molar-refractivity contribution in [1.29, 1.82) is 0 Å². The van der Waals surface area contributed by atoms with Gasteiger partial charge < -0.3 is 10.0 Å². The summed E-state index contributed by atoms with van der Waals surface area (Å²) in [5.74, 6) is 0.0594. The normalized spacial score (nSPS) is 28.7. The molecule has 126 valence electrons. The second-order valence-corrected chi connectivity index (χ2v) is 6.84. The second kappa shape index (κ2) is 7.41. The molecule has 1 saturated carbocycles. The first-order valence-corrected chi connectivity index (χ1v) is 8.73. The number of hydrogen-bond donors (Lipinski definition) is 1. The number of nitrogens with zero attached hydrogens (tertiary/aromatic N) is 3. The average Bonchev–Trinajstić information content (AvgIpc) is 3.09. The second-order valence-electron chi connectivity index (χ2n) is 6.84. The van der Waals surface area contributed by atoms with Gasteiger partial charge in [-0.3, -0.25) is 14.7 Å². The zero-order valence-corrected chi connectivity index (χ0v) is 13.9. The summed E-state index contributed by atoms with van der Waals surface area (Å²) in [7, 11) is 1.83. The molecule has 1 aromatic heterocycles. The first kappa shape index (κ1) is 16.4. The van der Waals surface area contributed by atoms with Crippen molar-refractivity contribution < 1.29 is 9.90 Å². The van der Waals surface area contributed by atoms with Crippen molar-refractivity contribution in [3.05, 3.63) is 30.1 Å². The highest BCUT2D eigenvalue weighted by atomic mass is 16.3. The van der Waals surface area contributed by atoms with Gasteiger partial charge in [0.1, 0.15) is 0 Å². The van der Waals surface area contributed by atoms with Crippen LogP contribution in [0.1, 0.15) is 37.7 Å². The molecule has 3 rings (SSSR count). The van der Waals surface area contributed by atoms with Crippen molar-refractivity contribution >= 4 is 5.91 Å². The lowest BCUT2D eigenvalue weighted by Crippen LogP contribution is -2.56. The van der Waals surface area contributed by atoms with Crippen LogP contribution in [0.4, 0.5) is 0 Å². The lowest BCUT2D eigenvalue weighted by molar-refractivity contribution is -0.136. The number of pyridine rings is 1. The number of aromatic nitrogens is 1. The molecule has 2 heterocycles. The van der Waals surface area contributed by atoms with E-state index in [0.717, 1.165) is 37.9 Å². The summed E-state index contributed by atoms with van der Waals surface area (Å²) in [4.78, 5) is 20.8. The van der Waals surface area contributed by atoms with E-state index in [1.807, 2.05) is 19.2 Å². The van der Waals surface area contributed by atoms with E-state index < -0.39 is 6.10 Å². The third kappa shape index (κ3) is 3.72. The summed E-state index contributed by atoms with van der Waals surface area (Å²) in [6.45, 7) is 2.17. The van der Waals surface area contributed by atoms with E-state index in [0.29, 0.717) is 6.42 Å². The van der Waals surface area contributed by atoms with Gasteiger partial charge in [0, 0.05) is 25.5 Å². The molecular formula is C18H27N3O2. The van der Waals surface area contributed by atoms with Crippen molar-refractivity contribution in [2.75, 3.05) is 20.1 Å². The maximum absolute atomic E-state index is 12.6. The number of carbonyl (C=O) groups excluding carboxylic acids is 1. The zero-order valence-electron chi connectivity index (χ0n) is 13.9. The Morgan fingerprint density at radius 2 is 2.13 bits per heavy atom. The molecule has 1 saturated heterocycles. The molecule has 23 heavy (non-hydrogen) atoms. The van der Waals surface area contributed by atoms with E-state index in [1.54, 1.807) is 17.3 Å². The van der Waals surface area contributed by atoms with Crippen LogP contribution in [0.2, 0.25) is 0 Å². The average molecular weight is 317 g/mol. The molecule has 2 fully saturated rings. The Bertz CT molecular complexity index is 516. The molecule has 1 aliphatic carbocycles. The number of likely N-dealkylation sites (tertiary alicyclic amines) is 1. The first-order chi connectivity index (χ1) is 11.2. The number of carbonyl (C=O) groups is 1. The Kier molecular flexibility index (Phi) is 5.28. The van der Waals surface area contributed by atoms with Crippen LogP contribution in [0, 0.1) is 0 Å². The van der Waals surface area contributed by atoms with Gasteiger partial charge in [-0.2, -0.15) is 0 Å². The highest BCUT2D eigenvalue weighted by Crippen LogP contribution is 2.29. The van der Waals surface area contributed by atoms with Crippen molar-refractivity contribution in [2.45, 2.75) is 56.7 Å². The Morgan fingerprint density at radius 1 is 1.35 bits per heavy atom. The largest absolute Gasteiger partial charge is 0.389 e. The van der Waals surface area contributed by atoms with Gasteiger partial charge in [-0.1, -0.05) is 6.07 Å². The van der Waals surface area contributed by atoms with Gasteiger partial charge in [0.15, 0.2) is 0 Å². The van der Waals surface area contributed by atoms with Crippen LogP contribution < -0.4 is 0 Å². The Balaban J connectivity index is 1.63. The topological polar surface area (TPSA) is 56.7 Å². The smallest absolute Gasteiger partial charge is 0.227 e. The molecule has 1 N–H and O–H groups in total. The molecule has 0 radical (unpaired) electrons. The number of rotatable bonds is 4. The summed E-state index contributed by atoms with van der Waals surface area (Å²) >= 11 is 0. The van der Waals surface area contributed by atoms with Crippen LogP contribution >= 0.6 is 0 Å². The number of hydrogen-bond acceptors (Lipinski definition) is 4. The summed E-state index contributed by atoms with van der Waals surface area (Å²) in [6, 6.07) is 3.91. The van der Waals surface area contributed by atoms with E-state index in [-0.39, 0.29) is 18.0 Å². The molecule has 0 spiro atoms. The maximum atomic E-state index is 12.6. The Labute approximate surface area is 138 Å². The van der Waals surface area contributed by atoms with Gasteiger partial charge in [-0.15, -0.1) is 0 Å². The molecular weight excluding hydrogens is 290 g/mol. The van der Waals surface area contributed by atoms with Gasteiger partial charge >= 0.3 is 0 Å². The molecule has 1 amide bonds. The monoisotopic (exact) mass is 317 g/mol. The molecule has 0 bridgehead atoms. The Hall–Kier alpha value is -1.46. The van der Waals surface area contributed by atoms with Crippen molar-refractivity contribution in [3.63, 3.8) is 0 Å². The number of likely N-dealkylation sites (N-methyl/N-ethyl adjacent to an activating group) is 1. The zero-order chi connectivity index (χ0) is 16.2. The van der Waals surface area contributed by atoms with Gasteiger partial charge in [-0.25, -0.2) is 0 Å². The third-order valence-corrected chi connectivity index (χ3v) is 5.37. The fourth-order valence-electron chi connectivity index (χ4n) is 4.02. The lowest BCUT2D eigenvalue weighted by atomic mass is 9.86. The summed E-state index contributed by atoms with van der Waals surface area (Å²) in [5, 5.41) is 10.8. The highest BCUT2D eigenvalue weighted by Gasteiger charge is 2.39. The van der Waals surface area contributed by atoms with Crippen LogP contribution in [0.3, 0.4) is 0 Å². The molecule has 2 aliphatic rings. The first-order valence-electron chi connectivity index (χ1n) is 8.73. The van der Waals surface area contributed by atoms with E-state index in [4.69, 9.17) is 0 Å². The molecule has 5 heteroatoms. The van der Waals surface area contributed by atoms with E-state index in [9.17, 15) is 9.90 Å². The molecule has 1 aliphatic heterocycles. The fraction of sp³-hybridized carbons (Fsp3) is 0.667. The van der Waals surface area contributed by atoms with Crippen LogP contribution in [0.5, 0.6) is 0 Å². The predicted molar refractivity (Wildman–Crippen MR) is 89.0 cm³/mol. The van der Waals surface area contributed by atoms with E-state index >= 15 is 0 Å². The molecule has 5 nitrogen and oxygen atoms in total. The van der Waals surface area contributed by atoms with Gasteiger partial charge in [0.05, 0.1) is 18.6 Å². The third-order valence-electron chi connectivity index (χ3n) is 5.37. The Morgan fingerprint density at radius 3 is 2.83 bits per heavy atom. The minimum absolute atomic E-state index is 0.0594. The van der Waals surface area contributed by atoms with Crippen LogP contribution in [0.25, 0.3) is 0 Å². The summed E-state index contributed by atoms with van der Waals surface area (Å²) in [6.07, 6.45) is 8.81. The van der Waals surface area contributed by atoms with Crippen LogP contribution in [0.15, 0.2) is 24.5 Å². The van der Waals surface area contributed by atoms with Crippen molar-refractivity contribution in [2.24, 2.45) is 0 Å². The number of aliphatic hydroxyl groups excluding tert-OH is 1. The maximum Gasteiger partial charge on any atom is 0.227 e. The number of aliphatic hydroxyl groups is 1. The minimum atomic E-state index is -0.440. The summed E-state index contributed by atoms with van der Waals surface area (Å²) in [5.41, 5.74) is 0.922. The highest BCUT2D eigenvalue weighted by molar-refractivity contribution is 5.78. The predicted octanol–water partition coefficient (Wildman–Crippen LogP) is 1.46. The van der Waals surface area contributed by atoms with Gasteiger partial charge in [0.25, 0.3) is 0 Å². The van der Waals surface area contributed by atoms with E-state index in [1.165, 1.54) is 12.8 Å². The fourth-order valence-corrected chi connectivity index (χ4v) is 4.02. The van der Waals surface area contributed by atoms with Crippen molar-refractivity contribution in [3.8, 4) is 0 Å². The van der Waals surface area contributed by atoms with E-state index in [2.05, 4.69) is 9.88 Å². The standard InChI is InChI=1S/C18H27N3O2/c1-20(17(22)12-14-6-5-9-19-13-14)15-7-4-8-16(18(15)23)21-10-2-3-11-21/h5-6,9,13,15-16,18,23H,2-4,7-8,10-12H2,1H3/t15-,16-,18-/m1/s1. The molecule has 3 atom stereocenters. The van der Waals surface area contributed by atoms with Crippen LogP contribution in [-0.2, 0) is 11.2 Å². The van der Waals surface area contributed by atoms with Gasteiger partial charge in [-0.05, 0) is 56.8 Å². The SMILES string of the molecule is CN(C(=O)Cc1cccnc1)[C@@H]1CCC[C@@H](N2CCCC2)[C@@H]1O. The quantitative estimate of drug-likeness (QED) is 0.913. The van der Waals surface area contributed by atoms with Crippen molar-refractivity contribution in [1.82, 2.24) is 14.8 Å². The molecule has 0 unspecified atom stereocenters.